The summed E-state index contributed by atoms with van der Waals surface area (Å²) in [5, 5.41) is 4.31. The molecule has 0 radical (unpaired) electrons. The Morgan fingerprint density at radius 3 is 2.77 bits per heavy atom. The second-order valence-electron chi connectivity index (χ2n) is 5.02. The van der Waals surface area contributed by atoms with Crippen LogP contribution in [0.15, 0.2) is 51.7 Å². The van der Waals surface area contributed by atoms with Crippen molar-refractivity contribution in [2.75, 3.05) is 5.32 Å². The summed E-state index contributed by atoms with van der Waals surface area (Å²) in [5.41, 5.74) is 1.94. The zero-order chi connectivity index (χ0) is 15.7. The van der Waals surface area contributed by atoms with E-state index in [4.69, 9.17) is 16.0 Å². The molecular formula is C17H13ClFNO2. The first kappa shape index (κ1) is 14.6. The number of fused-ring (bicyclic) bond motifs is 1. The van der Waals surface area contributed by atoms with Gasteiger partial charge in [-0.2, -0.15) is 0 Å². The molecule has 0 atom stereocenters. The van der Waals surface area contributed by atoms with Crippen LogP contribution in [0.3, 0.4) is 0 Å². The lowest BCUT2D eigenvalue weighted by Gasteiger charge is -2.10. The molecule has 3 nitrogen and oxygen atoms in total. The van der Waals surface area contributed by atoms with Crippen molar-refractivity contribution in [2.24, 2.45) is 0 Å². The minimum atomic E-state index is -0.445. The third-order valence-corrected chi connectivity index (χ3v) is 3.86. The maximum absolute atomic E-state index is 13.6. The summed E-state index contributed by atoms with van der Waals surface area (Å²) in [6.07, 6.45) is 0. The third kappa shape index (κ3) is 2.83. The van der Waals surface area contributed by atoms with Gasteiger partial charge in [-0.3, -0.25) is 0 Å². The van der Waals surface area contributed by atoms with E-state index in [1.165, 1.54) is 12.1 Å². The van der Waals surface area contributed by atoms with Crippen LogP contribution in [0.25, 0.3) is 11.0 Å². The van der Waals surface area contributed by atoms with E-state index in [0.717, 1.165) is 10.9 Å². The van der Waals surface area contributed by atoms with Gasteiger partial charge in [-0.25, -0.2) is 9.18 Å². The lowest BCUT2D eigenvalue weighted by molar-refractivity contribution is 0.559. The predicted molar refractivity (Wildman–Crippen MR) is 86.0 cm³/mol. The zero-order valence-electron chi connectivity index (χ0n) is 11.8. The van der Waals surface area contributed by atoms with Gasteiger partial charge in [0.25, 0.3) is 0 Å². The molecule has 0 aliphatic heterocycles. The molecule has 0 amide bonds. The van der Waals surface area contributed by atoms with Crippen LogP contribution in [0, 0.1) is 12.7 Å². The van der Waals surface area contributed by atoms with Gasteiger partial charge in [0.1, 0.15) is 11.4 Å². The SMILES string of the molecule is Cc1cc2oc(=O)cc(CNc3ccccc3F)c2cc1Cl. The van der Waals surface area contributed by atoms with Gasteiger partial charge in [0.2, 0.25) is 0 Å². The molecule has 2 aromatic carbocycles. The summed E-state index contributed by atoms with van der Waals surface area (Å²) < 4.78 is 18.8. The molecule has 0 saturated carbocycles. The van der Waals surface area contributed by atoms with E-state index in [0.29, 0.717) is 28.4 Å². The van der Waals surface area contributed by atoms with Crippen LogP contribution in [0.4, 0.5) is 10.1 Å². The molecule has 3 aromatic rings. The lowest BCUT2D eigenvalue weighted by Crippen LogP contribution is -2.06. The van der Waals surface area contributed by atoms with Gasteiger partial charge in [0.15, 0.2) is 0 Å². The van der Waals surface area contributed by atoms with Gasteiger partial charge in [-0.05, 0) is 42.3 Å². The van der Waals surface area contributed by atoms with E-state index in [2.05, 4.69) is 5.32 Å². The molecule has 1 N–H and O–H groups in total. The first-order valence-corrected chi connectivity index (χ1v) is 7.13. The Balaban J connectivity index is 2.01. The fourth-order valence-corrected chi connectivity index (χ4v) is 2.45. The highest BCUT2D eigenvalue weighted by molar-refractivity contribution is 6.32. The van der Waals surface area contributed by atoms with Crippen LogP contribution in [0.2, 0.25) is 5.02 Å². The molecule has 3 rings (SSSR count). The van der Waals surface area contributed by atoms with Gasteiger partial charge in [0.05, 0.1) is 5.69 Å². The third-order valence-electron chi connectivity index (χ3n) is 3.45. The molecular weight excluding hydrogens is 305 g/mol. The maximum Gasteiger partial charge on any atom is 0.336 e. The van der Waals surface area contributed by atoms with Crippen molar-refractivity contribution in [3.05, 3.63) is 74.9 Å². The van der Waals surface area contributed by atoms with Crippen molar-refractivity contribution in [3.63, 3.8) is 0 Å². The van der Waals surface area contributed by atoms with Crippen molar-refractivity contribution >= 4 is 28.3 Å². The Bertz CT molecular complexity index is 905. The van der Waals surface area contributed by atoms with Crippen LogP contribution in [-0.4, -0.2) is 0 Å². The van der Waals surface area contributed by atoms with Gasteiger partial charge >= 0.3 is 5.63 Å². The maximum atomic E-state index is 13.6. The summed E-state index contributed by atoms with van der Waals surface area (Å²) in [7, 11) is 0. The average molecular weight is 318 g/mol. The number of hydrogen-bond donors (Lipinski definition) is 1. The number of nitrogens with one attached hydrogen (secondary N) is 1. The lowest BCUT2D eigenvalue weighted by atomic mass is 10.1. The van der Waals surface area contributed by atoms with Crippen molar-refractivity contribution in [1.82, 2.24) is 0 Å². The average Bonchev–Trinajstić information content (AvgIpc) is 2.48. The standard InChI is InChI=1S/C17H13ClFNO2/c1-10-6-16-12(8-13(10)18)11(7-17(21)22-16)9-20-15-5-3-2-4-14(15)19/h2-8,20H,9H2,1H3. The highest BCUT2D eigenvalue weighted by Crippen LogP contribution is 2.26. The molecule has 0 spiro atoms. The molecule has 0 unspecified atom stereocenters. The fraction of sp³-hybridized carbons (Fsp3) is 0.118. The Morgan fingerprint density at radius 1 is 1.23 bits per heavy atom. The molecule has 1 aromatic heterocycles. The van der Waals surface area contributed by atoms with E-state index in [9.17, 15) is 9.18 Å². The van der Waals surface area contributed by atoms with E-state index in [1.54, 1.807) is 30.3 Å². The zero-order valence-corrected chi connectivity index (χ0v) is 12.6. The van der Waals surface area contributed by atoms with Crippen molar-refractivity contribution < 1.29 is 8.81 Å². The quantitative estimate of drug-likeness (QED) is 0.723. The van der Waals surface area contributed by atoms with E-state index in [-0.39, 0.29) is 5.82 Å². The largest absolute Gasteiger partial charge is 0.423 e. The predicted octanol–water partition coefficient (Wildman–Crippen LogP) is 4.51. The first-order valence-electron chi connectivity index (χ1n) is 6.76. The number of halogens is 2. The Labute approximate surface area is 131 Å². The van der Waals surface area contributed by atoms with E-state index >= 15 is 0 Å². The van der Waals surface area contributed by atoms with Gasteiger partial charge < -0.3 is 9.73 Å². The van der Waals surface area contributed by atoms with Crippen molar-refractivity contribution in [2.45, 2.75) is 13.5 Å². The topological polar surface area (TPSA) is 42.2 Å². The van der Waals surface area contributed by atoms with Gasteiger partial charge in [-0.1, -0.05) is 23.7 Å². The summed E-state index contributed by atoms with van der Waals surface area (Å²) in [6.45, 7) is 2.13. The molecule has 1 heterocycles. The molecule has 112 valence electrons. The minimum Gasteiger partial charge on any atom is -0.423 e. The molecule has 0 saturated heterocycles. The second kappa shape index (κ2) is 5.81. The molecule has 22 heavy (non-hydrogen) atoms. The van der Waals surface area contributed by atoms with Gasteiger partial charge in [-0.15, -0.1) is 0 Å². The molecule has 0 fully saturated rings. The Kier molecular flexibility index (Phi) is 3.86. The number of para-hydroxylation sites is 1. The minimum absolute atomic E-state index is 0.294. The van der Waals surface area contributed by atoms with E-state index in [1.807, 2.05) is 6.92 Å². The number of anilines is 1. The smallest absolute Gasteiger partial charge is 0.336 e. The Morgan fingerprint density at radius 2 is 2.00 bits per heavy atom. The normalized spacial score (nSPS) is 10.9. The number of benzene rings is 2. The van der Waals surface area contributed by atoms with Crippen LogP contribution in [-0.2, 0) is 6.54 Å². The second-order valence-corrected chi connectivity index (χ2v) is 5.43. The number of rotatable bonds is 3. The van der Waals surface area contributed by atoms with Gasteiger partial charge in [0, 0.05) is 23.0 Å². The van der Waals surface area contributed by atoms with Crippen LogP contribution in [0.1, 0.15) is 11.1 Å². The molecule has 0 bridgehead atoms. The fourth-order valence-electron chi connectivity index (χ4n) is 2.29. The number of aryl methyl sites for hydroxylation is 1. The molecule has 5 heteroatoms. The molecule has 0 aliphatic rings. The van der Waals surface area contributed by atoms with E-state index < -0.39 is 5.63 Å². The van der Waals surface area contributed by atoms with Crippen molar-refractivity contribution in [1.29, 1.82) is 0 Å². The van der Waals surface area contributed by atoms with Crippen molar-refractivity contribution in [3.8, 4) is 0 Å². The Hall–Kier alpha value is -2.33. The summed E-state index contributed by atoms with van der Waals surface area (Å²) in [6, 6.07) is 11.2. The summed E-state index contributed by atoms with van der Waals surface area (Å²) >= 11 is 6.14. The highest BCUT2D eigenvalue weighted by atomic mass is 35.5. The monoisotopic (exact) mass is 317 g/mol. The molecule has 0 aliphatic carbocycles. The van der Waals surface area contributed by atoms with Crippen LogP contribution < -0.4 is 10.9 Å². The highest BCUT2D eigenvalue weighted by Gasteiger charge is 2.09. The summed E-state index contributed by atoms with van der Waals surface area (Å²) in [5.74, 6) is -0.344. The number of hydrogen-bond acceptors (Lipinski definition) is 3. The first-order chi connectivity index (χ1) is 10.5. The van der Waals surface area contributed by atoms with Crippen LogP contribution >= 0.6 is 11.6 Å². The summed E-state index contributed by atoms with van der Waals surface area (Å²) in [4.78, 5) is 11.7. The van der Waals surface area contributed by atoms with Crippen LogP contribution in [0.5, 0.6) is 0 Å².